The van der Waals surface area contributed by atoms with E-state index in [-0.39, 0.29) is 5.91 Å². The van der Waals surface area contributed by atoms with Gasteiger partial charge in [0.15, 0.2) is 0 Å². The Morgan fingerprint density at radius 1 is 1.44 bits per heavy atom. The van der Waals surface area contributed by atoms with Crippen LogP contribution in [-0.2, 0) is 11.2 Å². The van der Waals surface area contributed by atoms with E-state index in [1.807, 2.05) is 12.1 Å². The zero-order valence-electron chi connectivity index (χ0n) is 9.37. The van der Waals surface area contributed by atoms with Crippen molar-refractivity contribution in [2.75, 3.05) is 13.1 Å². The Bertz CT molecular complexity index is 318. The van der Waals surface area contributed by atoms with Gasteiger partial charge in [0.05, 0.1) is 6.26 Å². The van der Waals surface area contributed by atoms with Crippen LogP contribution in [0.5, 0.6) is 0 Å². The summed E-state index contributed by atoms with van der Waals surface area (Å²) in [4.78, 5) is 11.4. The number of hydrogen-bond acceptors (Lipinski definition) is 3. The van der Waals surface area contributed by atoms with Crippen LogP contribution in [-0.4, -0.2) is 25.0 Å². The van der Waals surface area contributed by atoms with Gasteiger partial charge in [0.1, 0.15) is 5.76 Å². The molecule has 1 heterocycles. The normalized spacial score (nSPS) is 15.0. The molecule has 0 unspecified atom stereocenters. The molecule has 1 aliphatic rings. The van der Waals surface area contributed by atoms with E-state index in [1.54, 1.807) is 6.26 Å². The van der Waals surface area contributed by atoms with Gasteiger partial charge >= 0.3 is 0 Å². The van der Waals surface area contributed by atoms with Gasteiger partial charge in [0.25, 0.3) is 0 Å². The van der Waals surface area contributed by atoms with Crippen molar-refractivity contribution in [1.29, 1.82) is 0 Å². The van der Waals surface area contributed by atoms with Gasteiger partial charge in [-0.3, -0.25) is 4.79 Å². The molecule has 0 aliphatic heterocycles. The molecule has 0 saturated heterocycles. The SMILES string of the molecule is O=C(CCNC1CC1)NCCc1ccco1. The summed E-state index contributed by atoms with van der Waals surface area (Å²) in [6, 6.07) is 4.45. The topological polar surface area (TPSA) is 54.3 Å². The standard InChI is InChI=1S/C12H18N2O2/c15-12(6-8-13-10-3-4-10)14-7-5-11-2-1-9-16-11/h1-2,9-10,13H,3-8H2,(H,14,15). The van der Waals surface area contributed by atoms with E-state index in [0.29, 0.717) is 19.0 Å². The summed E-state index contributed by atoms with van der Waals surface area (Å²) in [6.07, 6.45) is 5.50. The Hall–Kier alpha value is -1.29. The van der Waals surface area contributed by atoms with Gasteiger partial charge in [0.2, 0.25) is 5.91 Å². The fourth-order valence-electron chi connectivity index (χ4n) is 1.55. The monoisotopic (exact) mass is 222 g/mol. The van der Waals surface area contributed by atoms with Gasteiger partial charge in [0, 0.05) is 32.0 Å². The van der Waals surface area contributed by atoms with Gasteiger partial charge in [-0.15, -0.1) is 0 Å². The smallest absolute Gasteiger partial charge is 0.221 e. The highest BCUT2D eigenvalue weighted by atomic mass is 16.3. The van der Waals surface area contributed by atoms with Crippen molar-refractivity contribution in [3.63, 3.8) is 0 Å². The number of nitrogens with one attached hydrogen (secondary N) is 2. The largest absolute Gasteiger partial charge is 0.469 e. The van der Waals surface area contributed by atoms with E-state index < -0.39 is 0 Å². The van der Waals surface area contributed by atoms with Crippen molar-refractivity contribution in [2.24, 2.45) is 0 Å². The zero-order chi connectivity index (χ0) is 11.2. The molecule has 1 saturated carbocycles. The van der Waals surface area contributed by atoms with E-state index in [1.165, 1.54) is 12.8 Å². The molecule has 0 atom stereocenters. The molecule has 1 fully saturated rings. The van der Waals surface area contributed by atoms with Crippen LogP contribution < -0.4 is 10.6 Å². The Balaban J connectivity index is 1.49. The minimum Gasteiger partial charge on any atom is -0.469 e. The van der Waals surface area contributed by atoms with Crippen molar-refractivity contribution in [2.45, 2.75) is 31.7 Å². The summed E-state index contributed by atoms with van der Waals surface area (Å²) in [5.41, 5.74) is 0. The number of rotatable bonds is 7. The minimum atomic E-state index is 0.111. The van der Waals surface area contributed by atoms with Crippen molar-refractivity contribution in [3.8, 4) is 0 Å². The average Bonchev–Trinajstić information content (AvgIpc) is 2.94. The molecular weight excluding hydrogens is 204 g/mol. The molecule has 1 amide bonds. The maximum absolute atomic E-state index is 11.4. The van der Waals surface area contributed by atoms with Crippen LogP contribution in [0.1, 0.15) is 25.0 Å². The van der Waals surface area contributed by atoms with E-state index in [4.69, 9.17) is 4.42 Å². The second-order valence-corrected chi connectivity index (χ2v) is 4.16. The van der Waals surface area contributed by atoms with E-state index in [2.05, 4.69) is 10.6 Å². The lowest BCUT2D eigenvalue weighted by atomic mass is 10.3. The van der Waals surface area contributed by atoms with Crippen LogP contribution in [0.2, 0.25) is 0 Å². The second-order valence-electron chi connectivity index (χ2n) is 4.16. The van der Waals surface area contributed by atoms with Crippen LogP contribution in [0.25, 0.3) is 0 Å². The summed E-state index contributed by atoms with van der Waals surface area (Å²) < 4.78 is 5.17. The number of carbonyl (C=O) groups excluding carboxylic acids is 1. The van der Waals surface area contributed by atoms with Gasteiger partial charge in [-0.1, -0.05) is 0 Å². The molecule has 4 nitrogen and oxygen atoms in total. The fourth-order valence-corrected chi connectivity index (χ4v) is 1.55. The van der Waals surface area contributed by atoms with Crippen molar-refractivity contribution >= 4 is 5.91 Å². The molecule has 0 bridgehead atoms. The lowest BCUT2D eigenvalue weighted by Gasteiger charge is -2.04. The predicted molar refractivity (Wildman–Crippen MR) is 61.1 cm³/mol. The Kier molecular flexibility index (Phi) is 3.99. The first-order valence-electron chi connectivity index (χ1n) is 5.87. The Labute approximate surface area is 95.4 Å². The van der Waals surface area contributed by atoms with Gasteiger partial charge in [-0.05, 0) is 25.0 Å². The molecule has 1 aromatic heterocycles. The number of hydrogen-bond donors (Lipinski definition) is 2. The molecule has 0 aromatic carbocycles. The quantitative estimate of drug-likeness (QED) is 0.726. The summed E-state index contributed by atoms with van der Waals surface area (Å²) >= 11 is 0. The zero-order valence-corrected chi connectivity index (χ0v) is 9.37. The third-order valence-electron chi connectivity index (χ3n) is 2.64. The summed E-state index contributed by atoms with van der Waals surface area (Å²) in [5.74, 6) is 1.02. The van der Waals surface area contributed by atoms with Crippen molar-refractivity contribution in [3.05, 3.63) is 24.2 Å². The molecule has 16 heavy (non-hydrogen) atoms. The fraction of sp³-hybridized carbons (Fsp3) is 0.583. The van der Waals surface area contributed by atoms with Crippen LogP contribution in [0.4, 0.5) is 0 Å². The number of amides is 1. The molecule has 2 N–H and O–H groups in total. The summed E-state index contributed by atoms with van der Waals surface area (Å²) in [6.45, 7) is 1.44. The van der Waals surface area contributed by atoms with Crippen LogP contribution in [0.3, 0.4) is 0 Å². The lowest BCUT2D eigenvalue weighted by molar-refractivity contribution is -0.120. The second kappa shape index (κ2) is 5.70. The maximum atomic E-state index is 11.4. The molecule has 1 aliphatic carbocycles. The minimum absolute atomic E-state index is 0.111. The van der Waals surface area contributed by atoms with Gasteiger partial charge < -0.3 is 15.1 Å². The van der Waals surface area contributed by atoms with E-state index >= 15 is 0 Å². The molecule has 2 rings (SSSR count). The molecule has 0 radical (unpaired) electrons. The predicted octanol–water partition coefficient (Wildman–Crippen LogP) is 1.08. The molecule has 88 valence electrons. The molecular formula is C12H18N2O2. The van der Waals surface area contributed by atoms with Crippen molar-refractivity contribution in [1.82, 2.24) is 10.6 Å². The van der Waals surface area contributed by atoms with Crippen molar-refractivity contribution < 1.29 is 9.21 Å². The van der Waals surface area contributed by atoms with E-state index in [0.717, 1.165) is 18.7 Å². The Morgan fingerprint density at radius 3 is 3.00 bits per heavy atom. The third kappa shape index (κ3) is 4.06. The lowest BCUT2D eigenvalue weighted by Crippen LogP contribution is -2.29. The maximum Gasteiger partial charge on any atom is 0.221 e. The van der Waals surface area contributed by atoms with Crippen LogP contribution in [0, 0.1) is 0 Å². The summed E-state index contributed by atoms with van der Waals surface area (Å²) in [7, 11) is 0. The highest BCUT2D eigenvalue weighted by molar-refractivity contribution is 5.76. The summed E-state index contributed by atoms with van der Waals surface area (Å²) in [5, 5.41) is 6.19. The molecule has 0 spiro atoms. The highest BCUT2D eigenvalue weighted by Crippen LogP contribution is 2.18. The molecule has 1 aromatic rings. The first-order chi connectivity index (χ1) is 7.84. The first-order valence-corrected chi connectivity index (χ1v) is 5.87. The number of carbonyl (C=O) groups is 1. The van der Waals surface area contributed by atoms with Gasteiger partial charge in [-0.2, -0.15) is 0 Å². The number of furan rings is 1. The third-order valence-corrected chi connectivity index (χ3v) is 2.64. The first kappa shape index (κ1) is 11.2. The van der Waals surface area contributed by atoms with Gasteiger partial charge in [-0.25, -0.2) is 0 Å². The van der Waals surface area contributed by atoms with E-state index in [9.17, 15) is 4.79 Å². The molecule has 4 heteroatoms. The van der Waals surface area contributed by atoms with Crippen LogP contribution in [0.15, 0.2) is 22.8 Å². The average molecular weight is 222 g/mol. The Morgan fingerprint density at radius 2 is 2.31 bits per heavy atom. The highest BCUT2D eigenvalue weighted by Gasteiger charge is 2.19. The van der Waals surface area contributed by atoms with Crippen LogP contribution >= 0.6 is 0 Å².